The zero-order chi connectivity index (χ0) is 11.5. The van der Waals surface area contributed by atoms with Gasteiger partial charge in [-0.25, -0.2) is 0 Å². The molecule has 1 aromatic carbocycles. The van der Waals surface area contributed by atoms with E-state index in [1.807, 2.05) is 0 Å². The minimum Gasteiger partial charge on any atom is -0.370 e. The Morgan fingerprint density at radius 2 is 1.94 bits per heavy atom. The van der Waals surface area contributed by atoms with Crippen LogP contribution in [0.2, 0.25) is 0 Å². The van der Waals surface area contributed by atoms with Crippen LogP contribution in [0, 0.1) is 6.92 Å². The first-order valence-electron chi connectivity index (χ1n) is 5.86. The fraction of sp³-hybridized carbons (Fsp3) is 0.538. The minimum atomic E-state index is 1.14. The molecular weight excluding hydrogens is 264 g/mol. The molecule has 0 unspecified atom stereocenters. The third-order valence-electron chi connectivity index (χ3n) is 3.22. The van der Waals surface area contributed by atoms with Gasteiger partial charge in [0.05, 0.1) is 0 Å². The smallest absolute Gasteiger partial charge is 0.0397 e. The maximum atomic E-state index is 3.52. The van der Waals surface area contributed by atoms with Gasteiger partial charge in [0.15, 0.2) is 0 Å². The van der Waals surface area contributed by atoms with Gasteiger partial charge in [-0.05, 0) is 50.7 Å². The standard InChI is InChI=1S/C13H19BrN2/c1-11-10-12(14)4-5-13(11)16-7-3-6-15(2)8-9-16/h4-5,10H,3,6-9H2,1-2H3. The van der Waals surface area contributed by atoms with E-state index in [0.29, 0.717) is 0 Å². The summed E-state index contributed by atoms with van der Waals surface area (Å²) in [5, 5.41) is 0. The molecule has 1 aromatic rings. The molecule has 1 heterocycles. The van der Waals surface area contributed by atoms with Crippen LogP contribution in [0.25, 0.3) is 0 Å². The number of benzene rings is 1. The monoisotopic (exact) mass is 282 g/mol. The van der Waals surface area contributed by atoms with Crippen LogP contribution in [0.4, 0.5) is 5.69 Å². The third kappa shape index (κ3) is 2.77. The molecule has 0 aliphatic carbocycles. The second kappa shape index (κ2) is 5.19. The van der Waals surface area contributed by atoms with Gasteiger partial charge in [0.1, 0.15) is 0 Å². The first-order valence-corrected chi connectivity index (χ1v) is 6.66. The molecule has 1 aliphatic heterocycles. The van der Waals surface area contributed by atoms with Crippen molar-refractivity contribution in [2.45, 2.75) is 13.3 Å². The summed E-state index contributed by atoms with van der Waals surface area (Å²) in [6.07, 6.45) is 1.26. The molecule has 0 atom stereocenters. The van der Waals surface area contributed by atoms with Crippen LogP contribution in [0.1, 0.15) is 12.0 Å². The molecule has 1 aliphatic rings. The molecule has 0 amide bonds. The van der Waals surface area contributed by atoms with Crippen molar-refractivity contribution in [1.82, 2.24) is 4.90 Å². The minimum absolute atomic E-state index is 1.14. The van der Waals surface area contributed by atoms with Gasteiger partial charge in [0, 0.05) is 29.8 Å². The summed E-state index contributed by atoms with van der Waals surface area (Å²) in [6.45, 7) is 6.88. The van der Waals surface area contributed by atoms with Crippen molar-refractivity contribution in [3.8, 4) is 0 Å². The second-order valence-corrected chi connectivity index (χ2v) is 5.49. The summed E-state index contributed by atoms with van der Waals surface area (Å²) in [6, 6.07) is 6.56. The Hall–Kier alpha value is -0.540. The van der Waals surface area contributed by atoms with E-state index in [9.17, 15) is 0 Å². The van der Waals surface area contributed by atoms with E-state index >= 15 is 0 Å². The Bertz CT molecular complexity index is 365. The molecule has 1 saturated heterocycles. The zero-order valence-corrected chi connectivity index (χ0v) is 11.6. The maximum Gasteiger partial charge on any atom is 0.0397 e. The molecule has 0 radical (unpaired) electrons. The van der Waals surface area contributed by atoms with Crippen LogP contribution >= 0.6 is 15.9 Å². The van der Waals surface area contributed by atoms with Crippen LogP contribution in [-0.4, -0.2) is 38.1 Å². The molecule has 0 bridgehead atoms. The number of hydrogen-bond acceptors (Lipinski definition) is 2. The molecule has 0 saturated carbocycles. The van der Waals surface area contributed by atoms with Gasteiger partial charge in [-0.3, -0.25) is 0 Å². The van der Waals surface area contributed by atoms with E-state index in [1.165, 1.54) is 35.2 Å². The molecule has 2 nitrogen and oxygen atoms in total. The number of rotatable bonds is 1. The Labute approximate surface area is 106 Å². The highest BCUT2D eigenvalue weighted by Crippen LogP contribution is 2.24. The highest BCUT2D eigenvalue weighted by Gasteiger charge is 2.13. The van der Waals surface area contributed by atoms with Crippen LogP contribution in [0.5, 0.6) is 0 Å². The van der Waals surface area contributed by atoms with Gasteiger partial charge >= 0.3 is 0 Å². The van der Waals surface area contributed by atoms with Crippen molar-refractivity contribution in [3.05, 3.63) is 28.2 Å². The summed E-state index contributed by atoms with van der Waals surface area (Å²) in [4.78, 5) is 4.92. The summed E-state index contributed by atoms with van der Waals surface area (Å²) in [5.74, 6) is 0. The first-order chi connectivity index (χ1) is 7.66. The SMILES string of the molecule is Cc1cc(Br)ccc1N1CCCN(C)CC1. The predicted molar refractivity (Wildman–Crippen MR) is 73.2 cm³/mol. The molecule has 0 aromatic heterocycles. The number of likely N-dealkylation sites (N-methyl/N-ethyl adjacent to an activating group) is 1. The highest BCUT2D eigenvalue weighted by molar-refractivity contribution is 9.10. The zero-order valence-electron chi connectivity index (χ0n) is 10.0. The fourth-order valence-electron chi connectivity index (χ4n) is 2.26. The van der Waals surface area contributed by atoms with Crippen molar-refractivity contribution in [2.75, 3.05) is 38.1 Å². The molecule has 88 valence electrons. The number of aryl methyl sites for hydroxylation is 1. The molecule has 2 rings (SSSR count). The van der Waals surface area contributed by atoms with E-state index in [1.54, 1.807) is 0 Å². The van der Waals surface area contributed by atoms with Crippen LogP contribution < -0.4 is 4.90 Å². The van der Waals surface area contributed by atoms with Gasteiger partial charge in [-0.2, -0.15) is 0 Å². The van der Waals surface area contributed by atoms with Gasteiger partial charge in [-0.1, -0.05) is 15.9 Å². The highest BCUT2D eigenvalue weighted by atomic mass is 79.9. The predicted octanol–water partition coefficient (Wildman–Crippen LogP) is 2.90. The Morgan fingerprint density at radius 1 is 1.12 bits per heavy atom. The van der Waals surface area contributed by atoms with Crippen molar-refractivity contribution in [3.63, 3.8) is 0 Å². The van der Waals surface area contributed by atoms with E-state index in [-0.39, 0.29) is 0 Å². The molecule has 1 fully saturated rings. The Balaban J connectivity index is 2.16. The Kier molecular flexibility index (Phi) is 3.87. The van der Waals surface area contributed by atoms with Crippen LogP contribution in [-0.2, 0) is 0 Å². The van der Waals surface area contributed by atoms with E-state index in [2.05, 4.69) is 57.9 Å². The largest absolute Gasteiger partial charge is 0.370 e. The first kappa shape index (κ1) is 11.9. The summed E-state index contributed by atoms with van der Waals surface area (Å²) >= 11 is 3.52. The van der Waals surface area contributed by atoms with Gasteiger partial charge in [0.25, 0.3) is 0 Å². The number of halogens is 1. The van der Waals surface area contributed by atoms with Gasteiger partial charge in [0.2, 0.25) is 0 Å². The number of nitrogens with zero attached hydrogens (tertiary/aromatic N) is 2. The fourth-order valence-corrected chi connectivity index (χ4v) is 2.74. The third-order valence-corrected chi connectivity index (χ3v) is 3.71. The molecule has 3 heteroatoms. The van der Waals surface area contributed by atoms with Crippen molar-refractivity contribution in [1.29, 1.82) is 0 Å². The topological polar surface area (TPSA) is 6.48 Å². The van der Waals surface area contributed by atoms with E-state index in [4.69, 9.17) is 0 Å². The van der Waals surface area contributed by atoms with Crippen molar-refractivity contribution in [2.24, 2.45) is 0 Å². The lowest BCUT2D eigenvalue weighted by molar-refractivity contribution is 0.360. The van der Waals surface area contributed by atoms with Gasteiger partial charge < -0.3 is 9.80 Å². The summed E-state index contributed by atoms with van der Waals surface area (Å²) < 4.78 is 1.17. The molecule has 16 heavy (non-hydrogen) atoms. The summed E-state index contributed by atoms with van der Waals surface area (Å²) in [7, 11) is 2.21. The number of hydrogen-bond donors (Lipinski definition) is 0. The van der Waals surface area contributed by atoms with Crippen LogP contribution in [0.15, 0.2) is 22.7 Å². The molecule has 0 spiro atoms. The normalized spacial score (nSPS) is 18.6. The van der Waals surface area contributed by atoms with Gasteiger partial charge in [-0.15, -0.1) is 0 Å². The lowest BCUT2D eigenvalue weighted by Gasteiger charge is -2.24. The van der Waals surface area contributed by atoms with E-state index < -0.39 is 0 Å². The van der Waals surface area contributed by atoms with Crippen molar-refractivity contribution >= 4 is 21.6 Å². The summed E-state index contributed by atoms with van der Waals surface area (Å²) in [5.41, 5.74) is 2.75. The lowest BCUT2D eigenvalue weighted by Crippen LogP contribution is -2.29. The molecular formula is C13H19BrN2. The maximum absolute atomic E-state index is 3.52. The average Bonchev–Trinajstić information content (AvgIpc) is 2.43. The quantitative estimate of drug-likeness (QED) is 0.782. The van der Waals surface area contributed by atoms with Crippen LogP contribution in [0.3, 0.4) is 0 Å². The molecule has 0 N–H and O–H groups in total. The second-order valence-electron chi connectivity index (χ2n) is 4.57. The lowest BCUT2D eigenvalue weighted by atomic mass is 10.2. The Morgan fingerprint density at radius 3 is 2.69 bits per heavy atom. The van der Waals surface area contributed by atoms with Crippen molar-refractivity contribution < 1.29 is 0 Å². The number of anilines is 1. The average molecular weight is 283 g/mol. The van der Waals surface area contributed by atoms with E-state index in [0.717, 1.165) is 13.1 Å².